The van der Waals surface area contributed by atoms with Gasteiger partial charge in [-0.15, -0.1) is 0 Å². The van der Waals surface area contributed by atoms with Crippen LogP contribution < -0.4 is 4.90 Å². The molecule has 1 aromatic rings. The Morgan fingerprint density at radius 3 is 2.33 bits per heavy atom. The van der Waals surface area contributed by atoms with Crippen LogP contribution >= 0.6 is 0 Å². The summed E-state index contributed by atoms with van der Waals surface area (Å²) in [6.45, 7) is 8.25. The highest BCUT2D eigenvalue weighted by Gasteiger charge is 2.14. The highest BCUT2D eigenvalue weighted by Crippen LogP contribution is 2.24. The number of unbranched alkanes of at least 4 members (excludes halogenated alkanes) is 2. The first-order valence-electron chi connectivity index (χ1n) is 7.08. The van der Waals surface area contributed by atoms with Gasteiger partial charge in [0.2, 0.25) is 0 Å². The fourth-order valence-electron chi connectivity index (χ4n) is 2.02. The molecule has 0 radical (unpaired) electrons. The molecule has 1 rings (SSSR count). The van der Waals surface area contributed by atoms with E-state index in [1.165, 1.54) is 25.7 Å². The maximum absolute atomic E-state index is 9.84. The summed E-state index contributed by atoms with van der Waals surface area (Å²) < 4.78 is 0. The average Bonchev–Trinajstić information content (AvgIpc) is 2.39. The molecule has 0 aliphatic carbocycles. The Balaban J connectivity index is 2.88. The quantitative estimate of drug-likeness (QED) is 0.766. The molecule has 102 valence electrons. The molecule has 0 fully saturated rings. The number of aliphatic hydroxyl groups excluding tert-OH is 1. The number of hydrogen-bond donors (Lipinski definition) is 1. The molecule has 0 saturated heterocycles. The molecule has 18 heavy (non-hydrogen) atoms. The predicted molar refractivity (Wildman–Crippen MR) is 76.9 cm³/mol. The molecule has 1 heterocycles. The van der Waals surface area contributed by atoms with E-state index in [0.29, 0.717) is 0 Å². The van der Waals surface area contributed by atoms with Crippen molar-refractivity contribution in [3.63, 3.8) is 0 Å². The first-order chi connectivity index (χ1) is 8.70. The molecule has 0 amide bonds. The SMILES string of the molecule is CCCCN(CCCC)c1ncccc1C(C)O. The monoisotopic (exact) mass is 250 g/mol. The molecule has 0 aliphatic heterocycles. The Morgan fingerprint density at radius 1 is 1.22 bits per heavy atom. The predicted octanol–water partition coefficient (Wildman–Crippen LogP) is 3.54. The topological polar surface area (TPSA) is 36.4 Å². The summed E-state index contributed by atoms with van der Waals surface area (Å²) >= 11 is 0. The van der Waals surface area contributed by atoms with E-state index in [1.54, 1.807) is 6.92 Å². The van der Waals surface area contributed by atoms with Gasteiger partial charge in [-0.05, 0) is 25.8 Å². The highest BCUT2D eigenvalue weighted by atomic mass is 16.3. The van der Waals surface area contributed by atoms with E-state index in [9.17, 15) is 5.11 Å². The van der Waals surface area contributed by atoms with Crippen molar-refractivity contribution in [1.82, 2.24) is 4.98 Å². The number of aromatic nitrogens is 1. The molecule has 3 heteroatoms. The highest BCUT2D eigenvalue weighted by molar-refractivity contribution is 5.47. The third kappa shape index (κ3) is 4.30. The summed E-state index contributed by atoms with van der Waals surface area (Å²) in [5, 5.41) is 9.84. The van der Waals surface area contributed by atoms with Gasteiger partial charge in [0.1, 0.15) is 5.82 Å². The first kappa shape index (κ1) is 15.0. The minimum Gasteiger partial charge on any atom is -0.389 e. The van der Waals surface area contributed by atoms with Crippen LogP contribution in [0.3, 0.4) is 0 Å². The molecular weight excluding hydrogens is 224 g/mol. The molecule has 1 N–H and O–H groups in total. The second-order valence-electron chi connectivity index (χ2n) is 4.79. The van der Waals surface area contributed by atoms with Gasteiger partial charge in [0.15, 0.2) is 0 Å². The molecule has 1 aromatic heterocycles. The third-order valence-corrected chi connectivity index (χ3v) is 3.13. The molecule has 1 atom stereocenters. The number of anilines is 1. The van der Waals surface area contributed by atoms with Crippen molar-refractivity contribution in [2.75, 3.05) is 18.0 Å². The fourth-order valence-corrected chi connectivity index (χ4v) is 2.02. The van der Waals surface area contributed by atoms with Crippen molar-refractivity contribution in [3.05, 3.63) is 23.9 Å². The van der Waals surface area contributed by atoms with Gasteiger partial charge >= 0.3 is 0 Å². The first-order valence-corrected chi connectivity index (χ1v) is 7.08. The summed E-state index contributed by atoms with van der Waals surface area (Å²) in [5.41, 5.74) is 0.935. The second kappa shape index (κ2) is 8.09. The number of hydrogen-bond acceptors (Lipinski definition) is 3. The van der Waals surface area contributed by atoms with Crippen molar-refractivity contribution in [2.45, 2.75) is 52.6 Å². The lowest BCUT2D eigenvalue weighted by atomic mass is 10.1. The normalized spacial score (nSPS) is 12.4. The molecule has 0 saturated carbocycles. The standard InChI is InChI=1S/C15H26N2O/c1-4-6-11-17(12-7-5-2)15-14(13(3)18)9-8-10-16-15/h8-10,13,18H,4-7,11-12H2,1-3H3. The van der Waals surface area contributed by atoms with Crippen LogP contribution in [0, 0.1) is 0 Å². The Morgan fingerprint density at radius 2 is 1.83 bits per heavy atom. The van der Waals surface area contributed by atoms with Crippen LogP contribution in [0.5, 0.6) is 0 Å². The van der Waals surface area contributed by atoms with E-state index < -0.39 is 6.10 Å². The summed E-state index contributed by atoms with van der Waals surface area (Å²) in [4.78, 5) is 6.79. The van der Waals surface area contributed by atoms with E-state index in [0.717, 1.165) is 24.5 Å². The zero-order valence-electron chi connectivity index (χ0n) is 11.9. The van der Waals surface area contributed by atoms with Crippen LogP contribution in [-0.2, 0) is 0 Å². The van der Waals surface area contributed by atoms with E-state index >= 15 is 0 Å². The van der Waals surface area contributed by atoms with Crippen molar-refractivity contribution in [2.24, 2.45) is 0 Å². The summed E-state index contributed by atoms with van der Waals surface area (Å²) in [7, 11) is 0. The maximum Gasteiger partial charge on any atom is 0.134 e. The Bertz CT molecular complexity index is 331. The summed E-state index contributed by atoms with van der Waals surface area (Å²) in [5.74, 6) is 0.953. The van der Waals surface area contributed by atoms with Gasteiger partial charge < -0.3 is 10.0 Å². The van der Waals surface area contributed by atoms with E-state index in [1.807, 2.05) is 18.3 Å². The summed E-state index contributed by atoms with van der Waals surface area (Å²) in [6.07, 6.45) is 6.05. The molecule has 3 nitrogen and oxygen atoms in total. The Labute approximate surface area is 111 Å². The number of rotatable bonds is 8. The van der Waals surface area contributed by atoms with Crippen LogP contribution in [0.15, 0.2) is 18.3 Å². The van der Waals surface area contributed by atoms with Gasteiger partial charge in [-0.3, -0.25) is 0 Å². The molecule has 0 bridgehead atoms. The van der Waals surface area contributed by atoms with E-state index in [-0.39, 0.29) is 0 Å². The number of nitrogens with zero attached hydrogens (tertiary/aromatic N) is 2. The molecule has 0 spiro atoms. The van der Waals surface area contributed by atoms with Crippen LogP contribution in [0.25, 0.3) is 0 Å². The van der Waals surface area contributed by atoms with Crippen molar-refractivity contribution in [1.29, 1.82) is 0 Å². The fraction of sp³-hybridized carbons (Fsp3) is 0.667. The average molecular weight is 250 g/mol. The van der Waals surface area contributed by atoms with Crippen molar-refractivity contribution < 1.29 is 5.11 Å². The minimum atomic E-state index is -0.459. The molecule has 1 unspecified atom stereocenters. The minimum absolute atomic E-state index is 0.459. The van der Waals surface area contributed by atoms with Crippen molar-refractivity contribution in [3.8, 4) is 0 Å². The van der Waals surface area contributed by atoms with Gasteiger partial charge in [0.05, 0.1) is 6.10 Å². The van der Waals surface area contributed by atoms with Gasteiger partial charge in [-0.2, -0.15) is 0 Å². The molecule has 0 aliphatic rings. The zero-order chi connectivity index (χ0) is 13.4. The van der Waals surface area contributed by atoms with Crippen molar-refractivity contribution >= 4 is 5.82 Å². The van der Waals surface area contributed by atoms with Crippen LogP contribution in [-0.4, -0.2) is 23.2 Å². The summed E-state index contributed by atoms with van der Waals surface area (Å²) in [6, 6.07) is 3.86. The van der Waals surface area contributed by atoms with E-state index in [4.69, 9.17) is 0 Å². The molecular formula is C15H26N2O. The number of pyridine rings is 1. The maximum atomic E-state index is 9.84. The Hall–Kier alpha value is -1.09. The number of aliphatic hydroxyl groups is 1. The van der Waals surface area contributed by atoms with E-state index in [2.05, 4.69) is 23.7 Å². The third-order valence-electron chi connectivity index (χ3n) is 3.13. The van der Waals surface area contributed by atoms with Gasteiger partial charge in [-0.25, -0.2) is 4.98 Å². The lowest BCUT2D eigenvalue weighted by Crippen LogP contribution is -2.28. The van der Waals surface area contributed by atoms with Gasteiger partial charge in [-0.1, -0.05) is 32.8 Å². The van der Waals surface area contributed by atoms with Gasteiger partial charge in [0, 0.05) is 24.8 Å². The smallest absolute Gasteiger partial charge is 0.134 e. The lowest BCUT2D eigenvalue weighted by Gasteiger charge is -2.26. The van der Waals surface area contributed by atoms with Crippen LogP contribution in [0.1, 0.15) is 58.1 Å². The van der Waals surface area contributed by atoms with Gasteiger partial charge in [0.25, 0.3) is 0 Å². The Kier molecular flexibility index (Phi) is 6.73. The lowest BCUT2D eigenvalue weighted by molar-refractivity contribution is 0.199. The zero-order valence-corrected chi connectivity index (χ0v) is 11.9. The second-order valence-corrected chi connectivity index (χ2v) is 4.79. The van der Waals surface area contributed by atoms with Crippen LogP contribution in [0.2, 0.25) is 0 Å². The van der Waals surface area contributed by atoms with Crippen LogP contribution in [0.4, 0.5) is 5.82 Å². The molecule has 0 aromatic carbocycles. The largest absolute Gasteiger partial charge is 0.389 e.